The van der Waals surface area contributed by atoms with E-state index < -0.39 is 4.92 Å². The maximum Gasteiger partial charge on any atom is 0.280 e. The topological polar surface area (TPSA) is 91.9 Å². The number of carbonyl (C=O) groups excluding carboxylic acids is 1. The zero-order valence-electron chi connectivity index (χ0n) is 22.0. The van der Waals surface area contributed by atoms with Crippen molar-refractivity contribution in [3.63, 3.8) is 0 Å². The molecule has 8 nitrogen and oxygen atoms in total. The summed E-state index contributed by atoms with van der Waals surface area (Å²) < 4.78 is 5.74. The van der Waals surface area contributed by atoms with Crippen LogP contribution in [0.5, 0.6) is 0 Å². The first-order chi connectivity index (χ1) is 19.4. The molecule has 1 N–H and O–H groups in total. The van der Waals surface area contributed by atoms with Crippen LogP contribution < -0.4 is 10.2 Å². The fraction of sp³-hybridized carbons (Fsp3) is 0.194. The van der Waals surface area contributed by atoms with Crippen LogP contribution in [0.4, 0.5) is 17.1 Å². The number of hydrogen-bond donors (Lipinski definition) is 1. The fourth-order valence-electron chi connectivity index (χ4n) is 4.72. The zero-order chi connectivity index (χ0) is 28.1. The molecule has 204 valence electrons. The lowest BCUT2D eigenvalue weighted by Gasteiger charge is -2.36. The minimum Gasteiger partial charge on any atom is -0.456 e. The van der Waals surface area contributed by atoms with Crippen LogP contribution in [0.2, 0.25) is 5.02 Å². The Labute approximate surface area is 237 Å². The van der Waals surface area contributed by atoms with Crippen molar-refractivity contribution in [1.29, 1.82) is 0 Å². The van der Waals surface area contributed by atoms with Gasteiger partial charge >= 0.3 is 0 Å². The Kier molecular flexibility index (Phi) is 8.28. The Morgan fingerprint density at radius 1 is 1.02 bits per heavy atom. The number of anilines is 2. The van der Waals surface area contributed by atoms with Crippen molar-refractivity contribution in [2.45, 2.75) is 13.5 Å². The van der Waals surface area contributed by atoms with Crippen molar-refractivity contribution in [1.82, 2.24) is 4.90 Å². The Hall–Kier alpha value is -4.40. The van der Waals surface area contributed by atoms with Gasteiger partial charge in [0.25, 0.3) is 5.69 Å². The van der Waals surface area contributed by atoms with E-state index in [1.54, 1.807) is 31.2 Å². The van der Waals surface area contributed by atoms with E-state index in [-0.39, 0.29) is 11.6 Å². The monoisotopic (exact) mass is 556 g/mol. The Morgan fingerprint density at radius 3 is 2.50 bits per heavy atom. The number of nitrogens with zero attached hydrogens (tertiary/aromatic N) is 3. The highest BCUT2D eigenvalue weighted by atomic mass is 35.5. The second kappa shape index (κ2) is 12.2. The van der Waals surface area contributed by atoms with E-state index in [0.29, 0.717) is 22.8 Å². The summed E-state index contributed by atoms with van der Waals surface area (Å²) in [5.74, 6) is 0.483. The molecule has 40 heavy (non-hydrogen) atoms. The molecule has 0 spiro atoms. The van der Waals surface area contributed by atoms with Gasteiger partial charge in [-0.2, -0.15) is 0 Å². The molecular formula is C31H29ClN4O4. The summed E-state index contributed by atoms with van der Waals surface area (Å²) in [4.78, 5) is 28.2. The quantitative estimate of drug-likeness (QED) is 0.146. The predicted molar refractivity (Wildman–Crippen MR) is 159 cm³/mol. The average molecular weight is 557 g/mol. The van der Waals surface area contributed by atoms with E-state index in [9.17, 15) is 14.9 Å². The molecule has 0 radical (unpaired) electrons. The lowest BCUT2D eigenvalue weighted by molar-refractivity contribution is -0.384. The van der Waals surface area contributed by atoms with Gasteiger partial charge in [-0.25, -0.2) is 0 Å². The SMILES string of the molecule is Cc1ccc(-c2ccc(/C=C/C(=O)Nc3ccc(N4CCN(Cc5ccccc5Cl)CC4)cc3)o2)c([N+](=O)[O-])c1. The molecule has 5 rings (SSSR count). The van der Waals surface area contributed by atoms with Crippen molar-refractivity contribution in [3.8, 4) is 11.3 Å². The molecule has 0 bridgehead atoms. The molecule has 0 unspecified atom stereocenters. The van der Waals surface area contributed by atoms with Crippen molar-refractivity contribution in [3.05, 3.63) is 117 Å². The summed E-state index contributed by atoms with van der Waals surface area (Å²) in [6.45, 7) is 6.35. The Bertz CT molecular complexity index is 1540. The Balaban J connectivity index is 1.13. The molecule has 1 aliphatic heterocycles. The van der Waals surface area contributed by atoms with Gasteiger partial charge in [0, 0.05) is 61.3 Å². The van der Waals surface area contributed by atoms with Gasteiger partial charge in [-0.3, -0.25) is 19.8 Å². The predicted octanol–water partition coefficient (Wildman–Crippen LogP) is 6.79. The number of halogens is 1. The molecule has 1 saturated heterocycles. The van der Waals surface area contributed by atoms with Gasteiger partial charge in [0.2, 0.25) is 5.91 Å². The number of amides is 1. The first kappa shape index (κ1) is 27.2. The van der Waals surface area contributed by atoms with Crippen LogP contribution in [0.15, 0.2) is 89.4 Å². The smallest absolute Gasteiger partial charge is 0.280 e. The molecule has 1 aliphatic rings. The maximum absolute atomic E-state index is 12.5. The zero-order valence-corrected chi connectivity index (χ0v) is 22.8. The van der Waals surface area contributed by atoms with Crippen LogP contribution in [0.1, 0.15) is 16.9 Å². The van der Waals surface area contributed by atoms with E-state index in [2.05, 4.69) is 21.2 Å². The maximum atomic E-state index is 12.5. The largest absolute Gasteiger partial charge is 0.456 e. The number of hydrogen-bond acceptors (Lipinski definition) is 6. The lowest BCUT2D eigenvalue weighted by Crippen LogP contribution is -2.46. The van der Waals surface area contributed by atoms with E-state index in [1.165, 1.54) is 18.2 Å². The van der Waals surface area contributed by atoms with Crippen LogP contribution >= 0.6 is 11.6 Å². The molecule has 9 heteroatoms. The van der Waals surface area contributed by atoms with Gasteiger partial charge in [0.1, 0.15) is 11.5 Å². The molecule has 0 atom stereocenters. The van der Waals surface area contributed by atoms with Crippen LogP contribution in [0.25, 0.3) is 17.4 Å². The molecular weight excluding hydrogens is 528 g/mol. The van der Waals surface area contributed by atoms with Crippen LogP contribution in [0.3, 0.4) is 0 Å². The highest BCUT2D eigenvalue weighted by Crippen LogP contribution is 2.32. The number of aryl methyl sites for hydroxylation is 1. The number of nitro groups is 1. The summed E-state index contributed by atoms with van der Waals surface area (Å²) in [6.07, 6.45) is 2.91. The normalized spacial score (nSPS) is 14.0. The average Bonchev–Trinajstić information content (AvgIpc) is 3.43. The van der Waals surface area contributed by atoms with Gasteiger partial charge in [-0.1, -0.05) is 35.9 Å². The van der Waals surface area contributed by atoms with Crippen molar-refractivity contribution in [2.75, 3.05) is 36.4 Å². The molecule has 0 saturated carbocycles. The molecule has 2 heterocycles. The van der Waals surface area contributed by atoms with Crippen molar-refractivity contribution < 1.29 is 14.1 Å². The number of rotatable bonds is 8. The van der Waals surface area contributed by atoms with E-state index in [0.717, 1.165) is 54.6 Å². The summed E-state index contributed by atoms with van der Waals surface area (Å²) in [5.41, 5.74) is 4.10. The molecule has 0 aliphatic carbocycles. The highest BCUT2D eigenvalue weighted by Gasteiger charge is 2.19. The Morgan fingerprint density at radius 2 is 1.77 bits per heavy atom. The van der Waals surface area contributed by atoms with Gasteiger partial charge in [-0.05, 0) is 72.7 Å². The number of benzene rings is 3. The number of piperazine rings is 1. The second-order valence-electron chi connectivity index (χ2n) is 9.70. The second-order valence-corrected chi connectivity index (χ2v) is 10.1. The molecule has 1 amide bonds. The number of nitrogens with one attached hydrogen (secondary N) is 1. The number of carbonyl (C=O) groups is 1. The van der Waals surface area contributed by atoms with Crippen LogP contribution in [-0.4, -0.2) is 41.9 Å². The highest BCUT2D eigenvalue weighted by molar-refractivity contribution is 6.31. The molecule has 4 aromatic rings. The van der Waals surface area contributed by atoms with Crippen molar-refractivity contribution >= 4 is 40.6 Å². The standard InChI is InChI=1S/C31H29ClN4O4/c1-22-6-13-27(29(20-22)36(38)39)30-14-11-26(40-30)12-15-31(37)33-24-7-9-25(10-8-24)35-18-16-34(17-19-35)21-23-4-2-3-5-28(23)32/h2-15,20H,16-19,21H2,1H3,(H,33,37)/b15-12+. The summed E-state index contributed by atoms with van der Waals surface area (Å²) in [7, 11) is 0. The van der Waals surface area contributed by atoms with Gasteiger partial charge in [0.05, 0.1) is 10.5 Å². The third-order valence-electron chi connectivity index (χ3n) is 6.87. The molecule has 1 fully saturated rings. The van der Waals surface area contributed by atoms with E-state index >= 15 is 0 Å². The minimum absolute atomic E-state index is 0.0231. The molecule has 3 aromatic carbocycles. The van der Waals surface area contributed by atoms with E-state index in [4.69, 9.17) is 16.0 Å². The lowest BCUT2D eigenvalue weighted by atomic mass is 10.1. The summed E-state index contributed by atoms with van der Waals surface area (Å²) in [6, 6.07) is 24.1. The molecule has 1 aromatic heterocycles. The number of nitro benzene ring substituents is 1. The summed E-state index contributed by atoms with van der Waals surface area (Å²) in [5, 5.41) is 15.1. The first-order valence-corrected chi connectivity index (χ1v) is 13.4. The third kappa shape index (κ3) is 6.59. The van der Waals surface area contributed by atoms with Crippen molar-refractivity contribution in [2.24, 2.45) is 0 Å². The number of furan rings is 1. The van der Waals surface area contributed by atoms with Crippen LogP contribution in [-0.2, 0) is 11.3 Å². The van der Waals surface area contributed by atoms with E-state index in [1.807, 2.05) is 42.5 Å². The van der Waals surface area contributed by atoms with Gasteiger partial charge < -0.3 is 14.6 Å². The summed E-state index contributed by atoms with van der Waals surface area (Å²) >= 11 is 6.32. The third-order valence-corrected chi connectivity index (χ3v) is 7.23. The minimum atomic E-state index is -0.429. The van der Waals surface area contributed by atoms with Gasteiger partial charge in [0.15, 0.2) is 0 Å². The van der Waals surface area contributed by atoms with Crippen LogP contribution in [0, 0.1) is 17.0 Å². The fourth-order valence-corrected chi connectivity index (χ4v) is 4.91. The van der Waals surface area contributed by atoms with Gasteiger partial charge in [-0.15, -0.1) is 0 Å². The first-order valence-electron chi connectivity index (χ1n) is 13.0.